The SMILES string of the molecule is Cc1cccc(C)c1OC(=O)[C@H](C)N. The zero-order valence-corrected chi connectivity index (χ0v) is 8.70. The minimum absolute atomic E-state index is 0.401. The molecule has 0 heterocycles. The highest BCUT2D eigenvalue weighted by molar-refractivity contribution is 5.78. The van der Waals surface area contributed by atoms with Gasteiger partial charge in [-0.15, -0.1) is 0 Å². The lowest BCUT2D eigenvalue weighted by Gasteiger charge is -2.11. The Balaban J connectivity index is 2.91. The van der Waals surface area contributed by atoms with Gasteiger partial charge in [-0.3, -0.25) is 0 Å². The Morgan fingerprint density at radius 3 is 2.29 bits per heavy atom. The summed E-state index contributed by atoms with van der Waals surface area (Å²) >= 11 is 0. The van der Waals surface area contributed by atoms with Crippen LogP contribution in [0.5, 0.6) is 5.75 Å². The number of hydrogen-bond donors (Lipinski definition) is 1. The number of aryl methyl sites for hydroxylation is 2. The molecule has 0 aliphatic rings. The maximum absolute atomic E-state index is 11.3. The van der Waals surface area contributed by atoms with Gasteiger partial charge < -0.3 is 10.5 Å². The Hall–Kier alpha value is -1.35. The van der Waals surface area contributed by atoms with Crippen molar-refractivity contribution in [3.63, 3.8) is 0 Å². The molecule has 0 fully saturated rings. The number of ether oxygens (including phenoxy) is 1. The molecule has 2 N–H and O–H groups in total. The number of hydrogen-bond acceptors (Lipinski definition) is 3. The molecule has 0 saturated carbocycles. The molecule has 0 bridgehead atoms. The van der Waals surface area contributed by atoms with Crippen LogP contribution in [0.3, 0.4) is 0 Å². The summed E-state index contributed by atoms with van der Waals surface area (Å²) in [7, 11) is 0. The van der Waals surface area contributed by atoms with Crippen molar-refractivity contribution < 1.29 is 9.53 Å². The summed E-state index contributed by atoms with van der Waals surface area (Å²) in [6, 6.07) is 5.13. The minimum atomic E-state index is -0.589. The van der Waals surface area contributed by atoms with E-state index in [-0.39, 0.29) is 0 Å². The molecule has 3 nitrogen and oxygen atoms in total. The summed E-state index contributed by atoms with van der Waals surface area (Å²) in [5.74, 6) is 0.220. The van der Waals surface area contributed by atoms with Gasteiger partial charge in [0.05, 0.1) is 0 Å². The average Bonchev–Trinajstić information content (AvgIpc) is 2.11. The van der Waals surface area contributed by atoms with Crippen LogP contribution >= 0.6 is 0 Å². The van der Waals surface area contributed by atoms with Crippen LogP contribution in [0.1, 0.15) is 18.1 Å². The van der Waals surface area contributed by atoms with Gasteiger partial charge in [0, 0.05) is 0 Å². The van der Waals surface area contributed by atoms with E-state index in [0.29, 0.717) is 5.75 Å². The molecule has 0 aromatic heterocycles. The zero-order valence-electron chi connectivity index (χ0n) is 8.70. The second kappa shape index (κ2) is 4.24. The molecule has 1 atom stereocenters. The fourth-order valence-corrected chi connectivity index (χ4v) is 1.15. The second-order valence-electron chi connectivity index (χ2n) is 3.43. The van der Waals surface area contributed by atoms with Crippen LogP contribution in [0.4, 0.5) is 0 Å². The molecule has 0 radical (unpaired) electrons. The van der Waals surface area contributed by atoms with E-state index in [0.717, 1.165) is 11.1 Å². The first kappa shape index (κ1) is 10.7. The predicted molar refractivity (Wildman–Crippen MR) is 55.2 cm³/mol. The average molecular weight is 193 g/mol. The Labute approximate surface area is 83.9 Å². The van der Waals surface area contributed by atoms with Crippen LogP contribution in [-0.2, 0) is 4.79 Å². The topological polar surface area (TPSA) is 52.3 Å². The number of benzene rings is 1. The number of esters is 1. The molecule has 1 aromatic carbocycles. The quantitative estimate of drug-likeness (QED) is 0.572. The summed E-state index contributed by atoms with van der Waals surface area (Å²) in [6.45, 7) is 5.41. The molecule has 76 valence electrons. The smallest absolute Gasteiger partial charge is 0.328 e. The third-order valence-corrected chi connectivity index (χ3v) is 1.98. The van der Waals surface area contributed by atoms with Gasteiger partial charge in [-0.2, -0.15) is 0 Å². The van der Waals surface area contributed by atoms with Crippen molar-refractivity contribution in [2.75, 3.05) is 0 Å². The van der Waals surface area contributed by atoms with Gasteiger partial charge in [0.25, 0.3) is 0 Å². The molecule has 14 heavy (non-hydrogen) atoms. The summed E-state index contributed by atoms with van der Waals surface area (Å²) < 4.78 is 5.17. The lowest BCUT2D eigenvalue weighted by atomic mass is 10.1. The van der Waals surface area contributed by atoms with Crippen LogP contribution < -0.4 is 10.5 Å². The molecule has 3 heteroatoms. The van der Waals surface area contributed by atoms with Gasteiger partial charge in [-0.05, 0) is 31.9 Å². The fourth-order valence-electron chi connectivity index (χ4n) is 1.15. The monoisotopic (exact) mass is 193 g/mol. The number of carbonyl (C=O) groups is 1. The van der Waals surface area contributed by atoms with Crippen molar-refractivity contribution >= 4 is 5.97 Å². The zero-order chi connectivity index (χ0) is 10.7. The number of carbonyl (C=O) groups excluding carboxylic acids is 1. The van der Waals surface area contributed by atoms with Gasteiger partial charge in [0.1, 0.15) is 11.8 Å². The largest absolute Gasteiger partial charge is 0.425 e. The first-order chi connectivity index (χ1) is 6.52. The Bertz CT molecular complexity index is 325. The third kappa shape index (κ3) is 2.33. The first-order valence-corrected chi connectivity index (χ1v) is 4.56. The molecule has 0 unspecified atom stereocenters. The van der Waals surface area contributed by atoms with Crippen LogP contribution in [0.25, 0.3) is 0 Å². The van der Waals surface area contributed by atoms with Gasteiger partial charge in [0.15, 0.2) is 0 Å². The van der Waals surface area contributed by atoms with Crippen molar-refractivity contribution in [3.05, 3.63) is 29.3 Å². The number of nitrogens with two attached hydrogens (primary N) is 1. The molecule has 1 aromatic rings. The van der Waals surface area contributed by atoms with Gasteiger partial charge in [0.2, 0.25) is 0 Å². The highest BCUT2D eigenvalue weighted by Gasteiger charge is 2.12. The lowest BCUT2D eigenvalue weighted by Crippen LogP contribution is -2.31. The molecule has 0 aliphatic carbocycles. The van der Waals surface area contributed by atoms with E-state index in [2.05, 4.69) is 0 Å². The summed E-state index contributed by atoms with van der Waals surface area (Å²) in [5.41, 5.74) is 7.30. The lowest BCUT2D eigenvalue weighted by molar-refractivity contribution is -0.135. The van der Waals surface area contributed by atoms with Crippen molar-refractivity contribution in [3.8, 4) is 5.75 Å². The van der Waals surface area contributed by atoms with Crippen LogP contribution in [0.2, 0.25) is 0 Å². The number of para-hydroxylation sites is 1. The van der Waals surface area contributed by atoms with E-state index in [1.165, 1.54) is 0 Å². The third-order valence-electron chi connectivity index (χ3n) is 1.98. The van der Waals surface area contributed by atoms with Gasteiger partial charge in [-0.1, -0.05) is 18.2 Å². The van der Waals surface area contributed by atoms with Gasteiger partial charge in [-0.25, -0.2) is 4.79 Å². The molecule has 0 saturated heterocycles. The Morgan fingerprint density at radius 1 is 1.36 bits per heavy atom. The van der Waals surface area contributed by atoms with E-state index in [4.69, 9.17) is 10.5 Å². The highest BCUT2D eigenvalue weighted by Crippen LogP contribution is 2.22. The Kier molecular flexibility index (Phi) is 3.25. The van der Waals surface area contributed by atoms with Crippen molar-refractivity contribution in [1.29, 1.82) is 0 Å². The van der Waals surface area contributed by atoms with E-state index in [1.807, 2.05) is 32.0 Å². The summed E-state index contributed by atoms with van der Waals surface area (Å²) in [6.07, 6.45) is 0. The predicted octanol–water partition coefficient (Wildman–Crippen LogP) is 1.56. The molecular weight excluding hydrogens is 178 g/mol. The van der Waals surface area contributed by atoms with Crippen LogP contribution in [0, 0.1) is 13.8 Å². The maximum atomic E-state index is 11.3. The highest BCUT2D eigenvalue weighted by atomic mass is 16.5. The van der Waals surface area contributed by atoms with E-state index in [9.17, 15) is 4.79 Å². The molecule has 0 spiro atoms. The Morgan fingerprint density at radius 2 is 1.86 bits per heavy atom. The second-order valence-corrected chi connectivity index (χ2v) is 3.43. The van der Waals surface area contributed by atoms with E-state index in [1.54, 1.807) is 6.92 Å². The van der Waals surface area contributed by atoms with E-state index < -0.39 is 12.0 Å². The van der Waals surface area contributed by atoms with Gasteiger partial charge >= 0.3 is 5.97 Å². The maximum Gasteiger partial charge on any atom is 0.328 e. The van der Waals surface area contributed by atoms with Crippen molar-refractivity contribution in [2.24, 2.45) is 5.73 Å². The van der Waals surface area contributed by atoms with Crippen molar-refractivity contribution in [2.45, 2.75) is 26.8 Å². The van der Waals surface area contributed by atoms with Crippen LogP contribution in [0.15, 0.2) is 18.2 Å². The first-order valence-electron chi connectivity index (χ1n) is 4.56. The molecule has 0 aliphatic heterocycles. The fraction of sp³-hybridized carbons (Fsp3) is 0.364. The molecule has 0 amide bonds. The minimum Gasteiger partial charge on any atom is -0.425 e. The van der Waals surface area contributed by atoms with E-state index >= 15 is 0 Å². The molecule has 1 rings (SSSR count). The number of rotatable bonds is 2. The molecular formula is C11H15NO2. The van der Waals surface area contributed by atoms with Crippen molar-refractivity contribution in [1.82, 2.24) is 0 Å². The standard InChI is InChI=1S/C11H15NO2/c1-7-5-4-6-8(2)10(7)14-11(13)9(3)12/h4-6,9H,12H2,1-3H3/t9-/m0/s1. The normalized spacial score (nSPS) is 12.3. The summed E-state index contributed by atoms with van der Waals surface area (Å²) in [5, 5.41) is 0. The van der Waals surface area contributed by atoms with Crippen LogP contribution in [-0.4, -0.2) is 12.0 Å². The summed E-state index contributed by atoms with van der Waals surface area (Å²) in [4.78, 5) is 11.3.